The van der Waals surface area contributed by atoms with Gasteiger partial charge in [-0.25, -0.2) is 0 Å². The molecule has 1 aromatic rings. The molecule has 1 rings (SSSR count). The zero-order valence-electron chi connectivity index (χ0n) is 38.3. The molecule has 0 saturated heterocycles. The number of hydrogen-bond donors (Lipinski definition) is 1. The van der Waals surface area contributed by atoms with Crippen LogP contribution in [0.25, 0.3) is 0 Å². The smallest absolute Gasteiger partial charge is 0.397 e. The summed E-state index contributed by atoms with van der Waals surface area (Å²) in [5, 5.41) is 11.2. The van der Waals surface area contributed by atoms with Gasteiger partial charge < -0.3 is 18.7 Å². The number of benzene rings is 1. The molecule has 1 aromatic carbocycles. The molecule has 0 fully saturated rings. The molecule has 0 aromatic heterocycles. The highest BCUT2D eigenvalue weighted by Crippen LogP contribution is 2.46. The molecule has 0 aliphatic rings. The fourth-order valence-corrected chi connectivity index (χ4v) is 8.57. The highest BCUT2D eigenvalue weighted by molar-refractivity contribution is 7.42. The average molecular weight is 791 g/mol. The molecule has 0 saturated carbocycles. The van der Waals surface area contributed by atoms with Gasteiger partial charge in [0, 0.05) is 11.1 Å². The Morgan fingerprint density at radius 3 is 0.873 bits per heavy atom. The second-order valence-corrected chi connectivity index (χ2v) is 20.1. The number of phenolic OH excluding ortho intramolecular Hbond substituents is 1. The van der Waals surface area contributed by atoms with Gasteiger partial charge in [0.25, 0.3) is 0 Å². The molecule has 5 heteroatoms. The summed E-state index contributed by atoms with van der Waals surface area (Å²) in [5.41, 5.74) is 1.38. The molecule has 0 amide bonds. The van der Waals surface area contributed by atoms with E-state index >= 15 is 0 Å². The van der Waals surface area contributed by atoms with Gasteiger partial charge in [-0.1, -0.05) is 248 Å². The Labute approximate surface area is 345 Å². The van der Waals surface area contributed by atoms with E-state index in [1.807, 2.05) is 12.1 Å². The molecular weight excluding hydrogens is 696 g/mol. The van der Waals surface area contributed by atoms with Crippen molar-refractivity contribution in [2.24, 2.45) is 0 Å². The Kier molecular flexibility index (Phi) is 32.3. The fraction of sp³-hybridized carbons (Fsp3) is 0.880. The van der Waals surface area contributed by atoms with Crippen LogP contribution in [0.5, 0.6) is 11.5 Å². The van der Waals surface area contributed by atoms with E-state index in [0.29, 0.717) is 19.0 Å². The molecule has 0 aliphatic heterocycles. The summed E-state index contributed by atoms with van der Waals surface area (Å²) in [6.45, 7) is 18.8. The van der Waals surface area contributed by atoms with Crippen LogP contribution in [0.1, 0.15) is 272 Å². The van der Waals surface area contributed by atoms with Crippen molar-refractivity contribution in [1.82, 2.24) is 0 Å². The maximum atomic E-state index is 11.2. The van der Waals surface area contributed by atoms with Crippen molar-refractivity contribution in [3.05, 3.63) is 23.3 Å². The molecule has 0 heterocycles. The Morgan fingerprint density at radius 1 is 0.400 bits per heavy atom. The van der Waals surface area contributed by atoms with Crippen LogP contribution < -0.4 is 4.52 Å². The zero-order valence-corrected chi connectivity index (χ0v) is 39.2. The molecule has 55 heavy (non-hydrogen) atoms. The summed E-state index contributed by atoms with van der Waals surface area (Å²) in [6, 6.07) is 3.99. The van der Waals surface area contributed by atoms with E-state index in [1.165, 1.54) is 193 Å². The number of hydrogen-bond acceptors (Lipinski definition) is 4. The molecule has 0 radical (unpaired) electrons. The monoisotopic (exact) mass is 791 g/mol. The molecule has 0 atom stereocenters. The van der Waals surface area contributed by atoms with E-state index in [-0.39, 0.29) is 10.8 Å². The van der Waals surface area contributed by atoms with Gasteiger partial charge in [-0.2, -0.15) is 0 Å². The lowest BCUT2D eigenvalue weighted by atomic mass is 9.79. The van der Waals surface area contributed by atoms with Gasteiger partial charge in [-0.05, 0) is 35.8 Å². The van der Waals surface area contributed by atoms with Crippen LogP contribution in [-0.2, 0) is 19.9 Å². The van der Waals surface area contributed by atoms with Gasteiger partial charge in [0.1, 0.15) is 11.5 Å². The summed E-state index contributed by atoms with van der Waals surface area (Å²) < 4.78 is 19.2. The Balaban J connectivity index is 2.41. The lowest BCUT2D eigenvalue weighted by Crippen LogP contribution is -2.17. The van der Waals surface area contributed by atoms with Gasteiger partial charge in [0.15, 0.2) is 0 Å². The van der Waals surface area contributed by atoms with Crippen molar-refractivity contribution in [1.29, 1.82) is 0 Å². The molecular formula is C50H95O4P. The van der Waals surface area contributed by atoms with E-state index in [1.54, 1.807) is 0 Å². The normalized spacial score (nSPS) is 12.3. The van der Waals surface area contributed by atoms with Crippen LogP contribution in [0.15, 0.2) is 12.1 Å². The van der Waals surface area contributed by atoms with Gasteiger partial charge in [0.2, 0.25) is 0 Å². The summed E-state index contributed by atoms with van der Waals surface area (Å²) in [4.78, 5) is 0. The van der Waals surface area contributed by atoms with Crippen LogP contribution in [0, 0.1) is 0 Å². The number of phenols is 1. The van der Waals surface area contributed by atoms with E-state index in [9.17, 15) is 5.11 Å². The van der Waals surface area contributed by atoms with Gasteiger partial charge in [-0.15, -0.1) is 0 Å². The van der Waals surface area contributed by atoms with Crippen molar-refractivity contribution < 1.29 is 18.7 Å². The highest BCUT2D eigenvalue weighted by atomic mass is 31.2. The first-order valence-corrected chi connectivity index (χ1v) is 25.2. The minimum atomic E-state index is -1.51. The lowest BCUT2D eigenvalue weighted by Gasteiger charge is -2.28. The lowest BCUT2D eigenvalue weighted by molar-refractivity contribution is 0.198. The summed E-state index contributed by atoms with van der Waals surface area (Å²) >= 11 is 0. The number of unbranched alkanes of at least 4 members (excludes halogenated alkanes) is 30. The standard InChI is InChI=1S/C50H95O4P/c1-9-11-13-15-17-19-21-23-25-27-29-31-33-35-37-39-41-52-55(54-45-43-46(49(3,4)5)48(51)47(44-45)50(6,7)8)53-42-40-38-36-34-32-30-28-26-24-22-20-18-16-14-12-10-2/h43-44,51H,9-42H2,1-8H3. The van der Waals surface area contributed by atoms with Crippen LogP contribution in [0.4, 0.5) is 0 Å². The van der Waals surface area contributed by atoms with Crippen molar-refractivity contribution in [3.63, 3.8) is 0 Å². The molecule has 0 bridgehead atoms. The third-order valence-corrected chi connectivity index (χ3v) is 12.4. The quantitative estimate of drug-likeness (QED) is 0.0535. The molecule has 0 spiro atoms. The van der Waals surface area contributed by atoms with Gasteiger partial charge in [-0.3, -0.25) is 0 Å². The Hall–Kier alpha value is -0.830. The fourth-order valence-electron chi connectivity index (χ4n) is 7.56. The molecule has 324 valence electrons. The highest BCUT2D eigenvalue weighted by Gasteiger charge is 2.28. The van der Waals surface area contributed by atoms with Crippen molar-refractivity contribution in [2.45, 2.75) is 272 Å². The van der Waals surface area contributed by atoms with E-state index < -0.39 is 8.60 Å². The van der Waals surface area contributed by atoms with Gasteiger partial charge in [0.05, 0.1) is 13.2 Å². The van der Waals surface area contributed by atoms with Crippen molar-refractivity contribution in [3.8, 4) is 11.5 Å². The summed E-state index contributed by atoms with van der Waals surface area (Å²) in [6.07, 6.45) is 43.6. The average Bonchev–Trinajstić information content (AvgIpc) is 3.13. The maximum absolute atomic E-state index is 11.2. The minimum absolute atomic E-state index is 0.213. The molecule has 0 aliphatic carbocycles. The van der Waals surface area contributed by atoms with Crippen LogP contribution in [0.3, 0.4) is 0 Å². The van der Waals surface area contributed by atoms with Crippen LogP contribution in [0.2, 0.25) is 0 Å². The molecule has 1 N–H and O–H groups in total. The topological polar surface area (TPSA) is 47.9 Å². The molecule has 4 nitrogen and oxygen atoms in total. The second kappa shape index (κ2) is 34.1. The van der Waals surface area contributed by atoms with Crippen LogP contribution >= 0.6 is 8.60 Å². The minimum Gasteiger partial charge on any atom is -0.507 e. The second-order valence-electron chi connectivity index (χ2n) is 19.0. The predicted octanol–water partition coefficient (Wildman–Crippen LogP) is 18.1. The zero-order chi connectivity index (χ0) is 40.5. The first-order chi connectivity index (χ1) is 26.5. The Bertz CT molecular complexity index is 924. The predicted molar refractivity (Wildman–Crippen MR) is 244 cm³/mol. The summed E-state index contributed by atoms with van der Waals surface area (Å²) in [7, 11) is -1.51. The maximum Gasteiger partial charge on any atom is 0.397 e. The van der Waals surface area contributed by atoms with E-state index in [0.717, 1.165) is 29.7 Å². The number of aromatic hydroxyl groups is 1. The first kappa shape index (κ1) is 52.2. The van der Waals surface area contributed by atoms with Gasteiger partial charge >= 0.3 is 8.60 Å². The first-order valence-electron chi connectivity index (χ1n) is 24.1. The SMILES string of the molecule is CCCCCCCCCCCCCCCCCCOP(OCCCCCCCCCCCCCCCCCC)Oc1cc(C(C)(C)C)c(O)c(C(C)(C)C)c1. The van der Waals surface area contributed by atoms with Crippen molar-refractivity contribution >= 4 is 8.60 Å². The third kappa shape index (κ3) is 29.1. The van der Waals surface area contributed by atoms with E-state index in [4.69, 9.17) is 13.6 Å². The van der Waals surface area contributed by atoms with Crippen molar-refractivity contribution in [2.75, 3.05) is 13.2 Å². The van der Waals surface area contributed by atoms with E-state index in [2.05, 4.69) is 55.4 Å². The third-order valence-electron chi connectivity index (χ3n) is 11.3. The van der Waals surface area contributed by atoms with Crippen LogP contribution in [-0.4, -0.2) is 18.3 Å². The Morgan fingerprint density at radius 2 is 0.636 bits per heavy atom. The largest absolute Gasteiger partial charge is 0.507 e. The molecule has 0 unspecified atom stereocenters. The number of rotatable bonds is 38. The summed E-state index contributed by atoms with van der Waals surface area (Å²) in [5.74, 6) is 1.11.